The minimum atomic E-state index is 0.215. The van der Waals surface area contributed by atoms with Crippen molar-refractivity contribution >= 4 is 0 Å². The van der Waals surface area contributed by atoms with Gasteiger partial charge in [-0.2, -0.15) is 0 Å². The van der Waals surface area contributed by atoms with Gasteiger partial charge in [0.25, 0.3) is 0 Å². The van der Waals surface area contributed by atoms with Crippen LogP contribution in [0.1, 0.15) is 40.0 Å². The molecular formula is C10H20O. The predicted molar refractivity (Wildman–Crippen MR) is 47.4 cm³/mol. The van der Waals surface area contributed by atoms with Crippen molar-refractivity contribution in [3.8, 4) is 0 Å². The first-order valence-corrected chi connectivity index (χ1v) is 4.69. The highest BCUT2D eigenvalue weighted by Crippen LogP contribution is 2.42. The number of hydrogen-bond donors (Lipinski definition) is 1. The molecule has 11 heavy (non-hydrogen) atoms. The molecule has 66 valence electrons. The zero-order chi connectivity index (χ0) is 8.48. The van der Waals surface area contributed by atoms with Crippen molar-refractivity contribution in [2.45, 2.75) is 40.0 Å². The molecule has 1 nitrogen and oxygen atoms in total. The SMILES string of the molecule is C[C@@H]1CC[C@@](C)(CO)[C@@H](C)C1. The summed E-state index contributed by atoms with van der Waals surface area (Å²) in [4.78, 5) is 0. The Morgan fingerprint density at radius 2 is 2.09 bits per heavy atom. The van der Waals surface area contributed by atoms with E-state index in [4.69, 9.17) is 0 Å². The van der Waals surface area contributed by atoms with Crippen LogP contribution in [0.5, 0.6) is 0 Å². The maximum Gasteiger partial charge on any atom is 0.0487 e. The van der Waals surface area contributed by atoms with Gasteiger partial charge in [-0.1, -0.05) is 27.2 Å². The Morgan fingerprint density at radius 3 is 2.55 bits per heavy atom. The molecule has 0 aromatic rings. The van der Waals surface area contributed by atoms with E-state index in [-0.39, 0.29) is 5.41 Å². The van der Waals surface area contributed by atoms with Crippen molar-refractivity contribution in [2.24, 2.45) is 17.3 Å². The molecule has 1 fully saturated rings. The zero-order valence-corrected chi connectivity index (χ0v) is 7.93. The molecule has 0 unspecified atom stereocenters. The third-order valence-corrected chi connectivity index (χ3v) is 3.52. The van der Waals surface area contributed by atoms with E-state index in [2.05, 4.69) is 20.8 Å². The summed E-state index contributed by atoms with van der Waals surface area (Å²) < 4.78 is 0. The highest BCUT2D eigenvalue weighted by molar-refractivity contribution is 4.85. The molecule has 1 N–H and O–H groups in total. The molecule has 1 saturated carbocycles. The lowest BCUT2D eigenvalue weighted by molar-refractivity contribution is 0.0323. The minimum Gasteiger partial charge on any atom is -0.396 e. The van der Waals surface area contributed by atoms with Gasteiger partial charge in [0, 0.05) is 6.61 Å². The summed E-state index contributed by atoms with van der Waals surface area (Å²) in [5.74, 6) is 1.56. The standard InChI is InChI=1S/C10H20O/c1-8-4-5-10(3,7-11)9(2)6-8/h8-9,11H,4-7H2,1-3H3/t8-,9+,10+/m1/s1. The average Bonchev–Trinajstić information content (AvgIpc) is 1.98. The Labute approximate surface area is 69.8 Å². The van der Waals surface area contributed by atoms with Gasteiger partial charge in [-0.25, -0.2) is 0 Å². The van der Waals surface area contributed by atoms with E-state index in [1.807, 2.05) is 0 Å². The lowest BCUT2D eigenvalue weighted by Crippen LogP contribution is -2.34. The third-order valence-electron chi connectivity index (χ3n) is 3.52. The molecule has 0 bridgehead atoms. The topological polar surface area (TPSA) is 20.2 Å². The maximum absolute atomic E-state index is 9.21. The second-order valence-electron chi connectivity index (χ2n) is 4.59. The minimum absolute atomic E-state index is 0.215. The molecule has 1 heteroatoms. The molecule has 0 radical (unpaired) electrons. The molecule has 0 spiro atoms. The van der Waals surface area contributed by atoms with E-state index in [1.54, 1.807) is 0 Å². The Morgan fingerprint density at radius 1 is 1.45 bits per heavy atom. The van der Waals surface area contributed by atoms with Gasteiger partial charge in [0.15, 0.2) is 0 Å². The second kappa shape index (κ2) is 3.14. The van der Waals surface area contributed by atoms with E-state index in [0.29, 0.717) is 12.5 Å². The molecular weight excluding hydrogens is 136 g/mol. The van der Waals surface area contributed by atoms with E-state index in [1.165, 1.54) is 19.3 Å². The summed E-state index contributed by atoms with van der Waals surface area (Å²) in [5.41, 5.74) is 0.215. The monoisotopic (exact) mass is 156 g/mol. The van der Waals surface area contributed by atoms with Crippen molar-refractivity contribution in [1.82, 2.24) is 0 Å². The first kappa shape index (κ1) is 9.05. The third kappa shape index (κ3) is 1.76. The van der Waals surface area contributed by atoms with Crippen molar-refractivity contribution in [3.05, 3.63) is 0 Å². The van der Waals surface area contributed by atoms with Crippen molar-refractivity contribution in [2.75, 3.05) is 6.61 Å². The van der Waals surface area contributed by atoms with Gasteiger partial charge >= 0.3 is 0 Å². The first-order valence-electron chi connectivity index (χ1n) is 4.69. The normalized spacial score (nSPS) is 45.8. The quantitative estimate of drug-likeness (QED) is 0.618. The summed E-state index contributed by atoms with van der Waals surface area (Å²) in [7, 11) is 0. The van der Waals surface area contributed by atoms with Crippen LogP contribution in [-0.2, 0) is 0 Å². The molecule has 1 aliphatic carbocycles. The molecule has 3 atom stereocenters. The van der Waals surface area contributed by atoms with Gasteiger partial charge in [-0.05, 0) is 30.1 Å². The number of aliphatic hydroxyl groups excluding tert-OH is 1. The summed E-state index contributed by atoms with van der Waals surface area (Å²) in [6, 6.07) is 0. The fraction of sp³-hybridized carbons (Fsp3) is 1.00. The van der Waals surface area contributed by atoms with Crippen LogP contribution in [0.25, 0.3) is 0 Å². The smallest absolute Gasteiger partial charge is 0.0487 e. The van der Waals surface area contributed by atoms with Crippen LogP contribution in [-0.4, -0.2) is 11.7 Å². The van der Waals surface area contributed by atoms with Crippen molar-refractivity contribution < 1.29 is 5.11 Å². The van der Waals surface area contributed by atoms with Gasteiger partial charge < -0.3 is 5.11 Å². The lowest BCUT2D eigenvalue weighted by atomic mass is 9.66. The lowest BCUT2D eigenvalue weighted by Gasteiger charge is -2.40. The highest BCUT2D eigenvalue weighted by atomic mass is 16.3. The van der Waals surface area contributed by atoms with E-state index in [9.17, 15) is 5.11 Å². The molecule has 1 rings (SSSR count). The Bertz CT molecular complexity index is 133. The van der Waals surface area contributed by atoms with Crippen LogP contribution in [0.3, 0.4) is 0 Å². The number of aliphatic hydroxyl groups is 1. The van der Waals surface area contributed by atoms with Gasteiger partial charge in [0.2, 0.25) is 0 Å². The molecule has 0 amide bonds. The van der Waals surface area contributed by atoms with Gasteiger partial charge in [-0.15, -0.1) is 0 Å². The van der Waals surface area contributed by atoms with Gasteiger partial charge in [-0.3, -0.25) is 0 Å². The van der Waals surface area contributed by atoms with Crippen LogP contribution in [0, 0.1) is 17.3 Å². The van der Waals surface area contributed by atoms with Crippen molar-refractivity contribution in [1.29, 1.82) is 0 Å². The summed E-state index contributed by atoms with van der Waals surface area (Å²) in [6.45, 7) is 7.16. The molecule has 0 heterocycles. The molecule has 0 saturated heterocycles. The van der Waals surface area contributed by atoms with Crippen LogP contribution >= 0.6 is 0 Å². The van der Waals surface area contributed by atoms with E-state index in [0.717, 1.165) is 5.92 Å². The molecule has 1 aliphatic rings. The van der Waals surface area contributed by atoms with Crippen LogP contribution in [0.4, 0.5) is 0 Å². The average molecular weight is 156 g/mol. The van der Waals surface area contributed by atoms with E-state index < -0.39 is 0 Å². The Kier molecular flexibility index (Phi) is 2.58. The zero-order valence-electron chi connectivity index (χ0n) is 7.93. The fourth-order valence-electron chi connectivity index (χ4n) is 2.06. The highest BCUT2D eigenvalue weighted by Gasteiger charge is 2.35. The first-order chi connectivity index (χ1) is 5.08. The van der Waals surface area contributed by atoms with Gasteiger partial charge in [0.1, 0.15) is 0 Å². The summed E-state index contributed by atoms with van der Waals surface area (Å²) in [5, 5.41) is 9.21. The fourth-order valence-corrected chi connectivity index (χ4v) is 2.06. The Hall–Kier alpha value is -0.0400. The number of rotatable bonds is 1. The van der Waals surface area contributed by atoms with Crippen molar-refractivity contribution in [3.63, 3.8) is 0 Å². The largest absolute Gasteiger partial charge is 0.396 e. The van der Waals surface area contributed by atoms with Crippen LogP contribution in [0.2, 0.25) is 0 Å². The molecule has 0 aromatic heterocycles. The summed E-state index contributed by atoms with van der Waals surface area (Å²) in [6.07, 6.45) is 3.78. The predicted octanol–water partition coefficient (Wildman–Crippen LogP) is 2.44. The van der Waals surface area contributed by atoms with Crippen LogP contribution in [0.15, 0.2) is 0 Å². The van der Waals surface area contributed by atoms with Gasteiger partial charge in [0.05, 0.1) is 0 Å². The summed E-state index contributed by atoms with van der Waals surface area (Å²) >= 11 is 0. The second-order valence-corrected chi connectivity index (χ2v) is 4.59. The Balaban J connectivity index is 2.56. The maximum atomic E-state index is 9.21. The molecule has 0 aliphatic heterocycles. The molecule has 0 aromatic carbocycles. The van der Waals surface area contributed by atoms with E-state index >= 15 is 0 Å². The number of hydrogen-bond acceptors (Lipinski definition) is 1. The van der Waals surface area contributed by atoms with Crippen LogP contribution < -0.4 is 0 Å².